The number of fused-ring (bicyclic) bond motifs is 4. The van der Waals surface area contributed by atoms with Crippen LogP contribution in [0.25, 0.3) is 0 Å². The molecule has 0 aromatic heterocycles. The van der Waals surface area contributed by atoms with Crippen molar-refractivity contribution in [2.45, 2.75) is 35.1 Å². The number of rotatable bonds is 4. The number of carbonyl (C=O) groups excluding carboxylic acids is 5. The zero-order valence-corrected chi connectivity index (χ0v) is 23.3. The van der Waals surface area contributed by atoms with Crippen molar-refractivity contribution in [3.63, 3.8) is 0 Å². The molecule has 6 amide bonds. The summed E-state index contributed by atoms with van der Waals surface area (Å²) in [5.41, 5.74) is 6.93. The Hall–Kier alpha value is -3.89. The lowest BCUT2D eigenvalue weighted by Gasteiger charge is -2.50. The maximum absolute atomic E-state index is 13.6. The van der Waals surface area contributed by atoms with Crippen LogP contribution in [0.1, 0.15) is 29.9 Å². The van der Waals surface area contributed by atoms with Crippen LogP contribution < -0.4 is 10.5 Å². The fourth-order valence-corrected chi connectivity index (χ4v) is 7.92. The highest BCUT2D eigenvalue weighted by molar-refractivity contribution is 6.53. The Morgan fingerprint density at radius 3 is 2.41 bits per heavy atom. The molecule has 6 atom stereocenters. The van der Waals surface area contributed by atoms with E-state index in [4.69, 9.17) is 33.7 Å². The molecule has 2 aliphatic heterocycles. The van der Waals surface area contributed by atoms with Crippen LogP contribution in [0.5, 0.6) is 11.5 Å². The number of nitrogens with zero attached hydrogens (tertiary/aromatic N) is 2. The minimum Gasteiger partial charge on any atom is -0.508 e. The quantitative estimate of drug-likeness (QED) is 0.312. The van der Waals surface area contributed by atoms with Gasteiger partial charge in [-0.25, -0.2) is 4.79 Å². The van der Waals surface area contributed by atoms with Gasteiger partial charge in [-0.05, 0) is 30.4 Å². The van der Waals surface area contributed by atoms with Crippen molar-refractivity contribution in [1.82, 2.24) is 9.80 Å². The fraction of sp³-hybridized carbons (Fsp3) is 0.345. The van der Waals surface area contributed by atoms with Crippen LogP contribution in [-0.2, 0) is 25.8 Å². The molecule has 2 aliphatic carbocycles. The summed E-state index contributed by atoms with van der Waals surface area (Å²) in [7, 11) is 1.27. The van der Waals surface area contributed by atoms with Crippen LogP contribution in [0.3, 0.4) is 0 Å². The van der Waals surface area contributed by atoms with Gasteiger partial charge < -0.3 is 15.6 Å². The minimum absolute atomic E-state index is 0.0701. The number of aromatic hydroxyl groups is 1. The summed E-state index contributed by atoms with van der Waals surface area (Å²) < 4.78 is 5.83. The Bertz CT molecular complexity index is 1560. The first-order valence-electron chi connectivity index (χ1n) is 13.0. The highest BCUT2D eigenvalue weighted by Gasteiger charge is 2.76. The molecule has 0 spiro atoms. The van der Waals surface area contributed by atoms with Gasteiger partial charge in [0, 0.05) is 24.6 Å². The topological polar surface area (TPSA) is 147 Å². The summed E-state index contributed by atoms with van der Waals surface area (Å²) in [6.45, 7) is 0.244. The van der Waals surface area contributed by atoms with Crippen molar-refractivity contribution >= 4 is 52.9 Å². The van der Waals surface area contributed by atoms with Gasteiger partial charge in [0.25, 0.3) is 11.8 Å². The first kappa shape index (κ1) is 27.3. The number of phenols is 1. The Balaban J connectivity index is 1.45. The molecule has 10 nitrogen and oxygen atoms in total. The van der Waals surface area contributed by atoms with E-state index in [-0.39, 0.29) is 30.8 Å². The van der Waals surface area contributed by atoms with E-state index in [0.29, 0.717) is 16.2 Å². The monoisotopic (exact) mass is 597 g/mol. The average molecular weight is 598 g/mol. The molecule has 41 heavy (non-hydrogen) atoms. The lowest BCUT2D eigenvalue weighted by atomic mass is 9.56. The summed E-state index contributed by atoms with van der Waals surface area (Å²) in [4.78, 5) is 62.6. The zero-order chi connectivity index (χ0) is 29.4. The molecule has 2 aromatic carbocycles. The molecule has 1 saturated carbocycles. The first-order chi connectivity index (χ1) is 19.4. The van der Waals surface area contributed by atoms with Crippen molar-refractivity contribution < 1.29 is 33.8 Å². The molecule has 6 rings (SSSR count). The normalized spacial score (nSPS) is 32.4. The van der Waals surface area contributed by atoms with E-state index in [0.717, 1.165) is 10.5 Å². The number of benzene rings is 2. The second-order valence-corrected chi connectivity index (χ2v) is 12.1. The highest BCUT2D eigenvalue weighted by Crippen LogP contribution is 2.66. The molecule has 212 valence electrons. The molecule has 3 N–H and O–H groups in total. The zero-order valence-electron chi connectivity index (χ0n) is 21.8. The smallest absolute Gasteiger partial charge is 0.328 e. The van der Waals surface area contributed by atoms with Gasteiger partial charge in [0.15, 0.2) is 9.75 Å². The molecule has 0 radical (unpaired) electrons. The van der Waals surface area contributed by atoms with Crippen LogP contribution in [-0.4, -0.2) is 61.4 Å². The molecule has 2 saturated heterocycles. The molecule has 4 aliphatic rings. The number of halogens is 2. The van der Waals surface area contributed by atoms with E-state index in [1.807, 2.05) is 30.3 Å². The number of amides is 6. The van der Waals surface area contributed by atoms with Gasteiger partial charge >= 0.3 is 6.03 Å². The van der Waals surface area contributed by atoms with E-state index >= 15 is 0 Å². The van der Waals surface area contributed by atoms with E-state index in [1.165, 1.54) is 13.1 Å². The largest absolute Gasteiger partial charge is 0.508 e. The Kier molecular flexibility index (Phi) is 6.20. The van der Waals surface area contributed by atoms with Gasteiger partial charge in [0.2, 0.25) is 11.8 Å². The summed E-state index contributed by atoms with van der Waals surface area (Å²) >= 11 is 14.2. The molecule has 12 heteroatoms. The Morgan fingerprint density at radius 2 is 1.76 bits per heavy atom. The van der Waals surface area contributed by atoms with Crippen molar-refractivity contribution in [2.24, 2.45) is 23.5 Å². The average Bonchev–Trinajstić information content (AvgIpc) is 3.28. The van der Waals surface area contributed by atoms with Gasteiger partial charge in [-0.15, -0.1) is 23.2 Å². The molecule has 0 unspecified atom stereocenters. The number of allylic oxidation sites excluding steroid dienone is 2. The second kappa shape index (κ2) is 9.32. The molecule has 0 bridgehead atoms. The maximum atomic E-state index is 13.6. The van der Waals surface area contributed by atoms with E-state index < -0.39 is 63.1 Å². The number of hydrogen-bond acceptors (Lipinski definition) is 7. The molecule has 3 fully saturated rings. The van der Waals surface area contributed by atoms with Crippen LogP contribution in [0, 0.1) is 17.8 Å². The van der Waals surface area contributed by atoms with Crippen LogP contribution in [0.2, 0.25) is 0 Å². The lowest BCUT2D eigenvalue weighted by molar-refractivity contribution is -0.139. The van der Waals surface area contributed by atoms with E-state index in [2.05, 4.69) is 0 Å². The molecular formula is C29H25Cl2N3O7. The number of alkyl halides is 2. The van der Waals surface area contributed by atoms with Gasteiger partial charge in [0.05, 0.1) is 11.8 Å². The predicted octanol–water partition coefficient (Wildman–Crippen LogP) is 3.04. The van der Waals surface area contributed by atoms with Crippen LogP contribution in [0.15, 0.2) is 60.2 Å². The number of imide groups is 4. The molecular weight excluding hydrogens is 573 g/mol. The van der Waals surface area contributed by atoms with E-state index in [9.17, 15) is 29.1 Å². The van der Waals surface area contributed by atoms with E-state index in [1.54, 1.807) is 18.2 Å². The lowest BCUT2D eigenvalue weighted by Crippen LogP contribution is -2.60. The molecule has 2 aromatic rings. The van der Waals surface area contributed by atoms with Crippen molar-refractivity contribution in [3.8, 4) is 11.5 Å². The number of likely N-dealkylation sites (tertiary alicyclic amines) is 2. The molecule has 2 heterocycles. The number of primary amides is 1. The SMILES string of the molecule is CN1C(=O)[C@]2(Cl)C[C@@H]3C(=CC[C@@H]4C(=O)N(C(N)=O)C(=O)[C@@H]43)[C@H](c3ccc(OCc4ccccc4)cc3O)[C@]2(Cl)C1=O. The van der Waals surface area contributed by atoms with Gasteiger partial charge in [-0.2, -0.15) is 4.90 Å². The summed E-state index contributed by atoms with van der Waals surface area (Å²) in [6.07, 6.45) is 1.53. The van der Waals surface area contributed by atoms with Crippen molar-refractivity contribution in [3.05, 3.63) is 71.3 Å². The number of hydrogen-bond donors (Lipinski definition) is 2. The van der Waals surface area contributed by atoms with Crippen LogP contribution >= 0.6 is 23.2 Å². The standard InChI is InChI=1S/C29H25Cl2N3O7/c1-33-25(38)28(30)12-19-16(9-10-18-21(19)24(37)34(23(18)36)27(32)40)22(29(28,31)26(33)39)17-8-7-15(11-20(17)35)41-13-14-5-3-2-4-6-14/h2-9,11,18-19,21-22,35H,10,12-13H2,1H3,(H2,32,40)/t18-,19+,21-,22+,28+,29-/m0/s1. The summed E-state index contributed by atoms with van der Waals surface area (Å²) in [5.74, 6) is -6.83. The van der Waals surface area contributed by atoms with Crippen molar-refractivity contribution in [2.75, 3.05) is 7.05 Å². The third-order valence-electron chi connectivity index (χ3n) is 8.80. The Morgan fingerprint density at radius 1 is 1.05 bits per heavy atom. The Labute approximate surface area is 244 Å². The minimum atomic E-state index is -2.05. The number of nitrogens with two attached hydrogens (primary N) is 1. The fourth-order valence-electron chi connectivity index (χ4n) is 6.91. The van der Waals surface area contributed by atoms with Gasteiger partial charge in [-0.1, -0.05) is 48.0 Å². The summed E-state index contributed by atoms with van der Waals surface area (Å²) in [6, 6.07) is 12.8. The first-order valence-corrected chi connectivity index (χ1v) is 13.7. The number of phenolic OH excluding ortho intramolecular Hbond substituents is 1. The van der Waals surface area contributed by atoms with Crippen LogP contribution in [0.4, 0.5) is 4.79 Å². The number of urea groups is 1. The van der Waals surface area contributed by atoms with Crippen molar-refractivity contribution in [1.29, 1.82) is 0 Å². The van der Waals surface area contributed by atoms with Gasteiger partial charge in [0.1, 0.15) is 18.1 Å². The summed E-state index contributed by atoms with van der Waals surface area (Å²) in [5, 5.41) is 11.3. The highest BCUT2D eigenvalue weighted by atomic mass is 35.5. The maximum Gasteiger partial charge on any atom is 0.328 e. The predicted molar refractivity (Wildman–Crippen MR) is 146 cm³/mol. The third kappa shape index (κ3) is 3.66. The number of carbonyl (C=O) groups is 5. The second-order valence-electron chi connectivity index (χ2n) is 10.8. The number of ether oxygens (including phenoxy) is 1. The van der Waals surface area contributed by atoms with Gasteiger partial charge in [-0.3, -0.25) is 24.1 Å². The third-order valence-corrected chi connectivity index (χ3v) is 10.2.